The highest BCUT2D eigenvalue weighted by atomic mass is 35.5. The van der Waals surface area contributed by atoms with Gasteiger partial charge in [0, 0.05) is 6.20 Å². The predicted molar refractivity (Wildman–Crippen MR) is 68.7 cm³/mol. The summed E-state index contributed by atoms with van der Waals surface area (Å²) >= 11 is 5.69. The van der Waals surface area contributed by atoms with Crippen LogP contribution in [0.2, 0.25) is 5.02 Å². The van der Waals surface area contributed by atoms with Crippen molar-refractivity contribution in [3.8, 4) is 0 Å². The molecular formula is C10H8ClFN4O2S. The molecule has 0 fully saturated rings. The second kappa shape index (κ2) is 4.98. The molecule has 0 bridgehead atoms. The van der Waals surface area contributed by atoms with Gasteiger partial charge in [-0.2, -0.15) is 0 Å². The molecule has 0 aliphatic rings. The number of nitrogen functional groups attached to an aromatic ring is 1. The largest absolute Gasteiger partial charge is 0.397 e. The standard InChI is InChI=1S/C10H8ClFN4O2S/c11-6-3-9(7(12)4-8(6)13)19(17,18)16-10-1-2-14-5-15-10/h1-5H,13H2,(H,14,15,16). The summed E-state index contributed by atoms with van der Waals surface area (Å²) in [6.45, 7) is 0. The van der Waals surface area contributed by atoms with Crippen LogP contribution in [-0.4, -0.2) is 18.4 Å². The molecule has 19 heavy (non-hydrogen) atoms. The SMILES string of the molecule is Nc1cc(F)c(S(=O)(=O)Nc2ccncn2)cc1Cl. The monoisotopic (exact) mass is 302 g/mol. The van der Waals surface area contributed by atoms with Crippen LogP contribution in [0.4, 0.5) is 15.9 Å². The van der Waals surface area contributed by atoms with Crippen LogP contribution in [-0.2, 0) is 10.0 Å². The highest BCUT2D eigenvalue weighted by Gasteiger charge is 2.21. The molecule has 0 amide bonds. The minimum Gasteiger partial charge on any atom is -0.397 e. The first-order valence-electron chi connectivity index (χ1n) is 4.93. The summed E-state index contributed by atoms with van der Waals surface area (Å²) in [6.07, 6.45) is 2.50. The number of hydrogen-bond acceptors (Lipinski definition) is 5. The smallest absolute Gasteiger partial charge is 0.266 e. The molecule has 0 saturated carbocycles. The molecule has 2 aromatic rings. The van der Waals surface area contributed by atoms with Gasteiger partial charge in [-0.3, -0.25) is 4.72 Å². The molecule has 0 saturated heterocycles. The second-order valence-electron chi connectivity index (χ2n) is 3.50. The van der Waals surface area contributed by atoms with Crippen molar-refractivity contribution in [3.63, 3.8) is 0 Å². The molecule has 9 heteroatoms. The van der Waals surface area contributed by atoms with E-state index in [0.717, 1.165) is 18.5 Å². The van der Waals surface area contributed by atoms with Gasteiger partial charge in [-0.05, 0) is 18.2 Å². The summed E-state index contributed by atoms with van der Waals surface area (Å²) in [5.41, 5.74) is 5.34. The maximum atomic E-state index is 13.6. The van der Waals surface area contributed by atoms with E-state index >= 15 is 0 Å². The highest BCUT2D eigenvalue weighted by Crippen LogP contribution is 2.26. The van der Waals surface area contributed by atoms with Crippen molar-refractivity contribution in [2.24, 2.45) is 0 Å². The van der Waals surface area contributed by atoms with Crippen molar-refractivity contribution in [2.45, 2.75) is 4.90 Å². The van der Waals surface area contributed by atoms with E-state index in [9.17, 15) is 12.8 Å². The fourth-order valence-electron chi connectivity index (χ4n) is 1.29. The number of benzene rings is 1. The first kappa shape index (κ1) is 13.5. The average Bonchev–Trinajstić information content (AvgIpc) is 2.34. The molecule has 100 valence electrons. The Morgan fingerprint density at radius 2 is 2.11 bits per heavy atom. The normalized spacial score (nSPS) is 11.3. The van der Waals surface area contributed by atoms with Crippen molar-refractivity contribution in [1.82, 2.24) is 9.97 Å². The number of aromatic nitrogens is 2. The molecule has 6 nitrogen and oxygen atoms in total. The van der Waals surface area contributed by atoms with Crippen molar-refractivity contribution < 1.29 is 12.8 Å². The third-order valence-electron chi connectivity index (χ3n) is 2.16. The Hall–Kier alpha value is -1.93. The van der Waals surface area contributed by atoms with Gasteiger partial charge in [-0.15, -0.1) is 0 Å². The number of sulfonamides is 1. The predicted octanol–water partition coefficient (Wildman–Crippen LogP) is 1.65. The Labute approximate surface area is 113 Å². The topological polar surface area (TPSA) is 98.0 Å². The van der Waals surface area contributed by atoms with Crippen molar-refractivity contribution in [2.75, 3.05) is 10.5 Å². The van der Waals surface area contributed by atoms with E-state index in [1.165, 1.54) is 12.3 Å². The molecule has 1 aromatic carbocycles. The Morgan fingerprint density at radius 3 is 2.74 bits per heavy atom. The molecule has 0 atom stereocenters. The van der Waals surface area contributed by atoms with Crippen molar-refractivity contribution in [3.05, 3.63) is 41.6 Å². The zero-order chi connectivity index (χ0) is 14.0. The lowest BCUT2D eigenvalue weighted by atomic mass is 10.3. The number of rotatable bonds is 3. The van der Waals surface area contributed by atoms with Crippen LogP contribution in [0.3, 0.4) is 0 Å². The van der Waals surface area contributed by atoms with Gasteiger partial charge in [0.2, 0.25) is 0 Å². The van der Waals surface area contributed by atoms with Crippen molar-refractivity contribution >= 4 is 33.1 Å². The lowest BCUT2D eigenvalue weighted by Crippen LogP contribution is -2.15. The molecule has 0 aliphatic carbocycles. The van der Waals surface area contributed by atoms with Gasteiger partial charge in [-0.1, -0.05) is 11.6 Å². The van der Waals surface area contributed by atoms with Gasteiger partial charge in [0.15, 0.2) is 0 Å². The minimum absolute atomic E-state index is 0.0161. The Balaban J connectivity index is 2.43. The van der Waals surface area contributed by atoms with E-state index < -0.39 is 20.7 Å². The first-order valence-corrected chi connectivity index (χ1v) is 6.79. The molecule has 0 unspecified atom stereocenters. The number of nitrogens with two attached hydrogens (primary N) is 1. The van der Waals surface area contributed by atoms with Gasteiger partial charge in [-0.25, -0.2) is 22.8 Å². The third kappa shape index (κ3) is 2.91. The fourth-order valence-corrected chi connectivity index (χ4v) is 2.62. The number of anilines is 2. The molecule has 1 heterocycles. The zero-order valence-electron chi connectivity index (χ0n) is 9.34. The van der Waals surface area contributed by atoms with Gasteiger partial charge in [0.1, 0.15) is 22.9 Å². The summed E-state index contributed by atoms with van der Waals surface area (Å²) in [4.78, 5) is 6.71. The van der Waals surface area contributed by atoms with Crippen molar-refractivity contribution in [1.29, 1.82) is 0 Å². The molecule has 1 aromatic heterocycles. The third-order valence-corrected chi connectivity index (χ3v) is 3.86. The minimum atomic E-state index is -4.14. The molecule has 0 spiro atoms. The summed E-state index contributed by atoms with van der Waals surface area (Å²) in [5.74, 6) is -0.981. The Bertz CT molecular complexity index is 709. The summed E-state index contributed by atoms with van der Waals surface area (Å²) < 4.78 is 39.7. The molecule has 2 rings (SSSR count). The highest BCUT2D eigenvalue weighted by molar-refractivity contribution is 7.92. The van der Waals surface area contributed by atoms with E-state index in [2.05, 4.69) is 14.7 Å². The van der Waals surface area contributed by atoms with Gasteiger partial charge in [0.25, 0.3) is 10.0 Å². The van der Waals surface area contributed by atoms with E-state index in [1.807, 2.05) is 0 Å². The summed E-state index contributed by atoms with van der Waals surface area (Å²) in [7, 11) is -4.14. The second-order valence-corrected chi connectivity index (χ2v) is 5.56. The maximum Gasteiger partial charge on any atom is 0.266 e. The number of nitrogens with zero attached hydrogens (tertiary/aromatic N) is 2. The number of hydrogen-bond donors (Lipinski definition) is 2. The first-order chi connectivity index (χ1) is 8.90. The number of halogens is 2. The summed E-state index contributed by atoms with van der Waals surface area (Å²) in [5, 5.41) is -0.0514. The van der Waals surface area contributed by atoms with E-state index in [-0.39, 0.29) is 16.5 Å². The lowest BCUT2D eigenvalue weighted by molar-refractivity contribution is 0.570. The zero-order valence-corrected chi connectivity index (χ0v) is 10.9. The average molecular weight is 303 g/mol. The number of nitrogens with one attached hydrogen (secondary N) is 1. The van der Waals surface area contributed by atoms with Crippen LogP contribution in [0.15, 0.2) is 35.6 Å². The quantitative estimate of drug-likeness (QED) is 0.840. The van der Waals surface area contributed by atoms with Gasteiger partial charge < -0.3 is 5.73 Å². The van der Waals surface area contributed by atoms with Crippen LogP contribution < -0.4 is 10.5 Å². The lowest BCUT2D eigenvalue weighted by Gasteiger charge is -2.09. The maximum absolute atomic E-state index is 13.6. The summed E-state index contributed by atoms with van der Waals surface area (Å²) in [6, 6.07) is 3.11. The van der Waals surface area contributed by atoms with Crippen LogP contribution in [0.1, 0.15) is 0 Å². The van der Waals surface area contributed by atoms with E-state index in [0.29, 0.717) is 0 Å². The van der Waals surface area contributed by atoms with E-state index in [1.54, 1.807) is 0 Å². The molecular weight excluding hydrogens is 295 g/mol. The van der Waals surface area contributed by atoms with Crippen LogP contribution in [0.5, 0.6) is 0 Å². The van der Waals surface area contributed by atoms with Crippen LogP contribution >= 0.6 is 11.6 Å². The van der Waals surface area contributed by atoms with Crippen LogP contribution in [0, 0.1) is 5.82 Å². The molecule has 3 N–H and O–H groups in total. The van der Waals surface area contributed by atoms with Gasteiger partial charge >= 0.3 is 0 Å². The Morgan fingerprint density at radius 1 is 1.37 bits per heavy atom. The molecule has 0 radical (unpaired) electrons. The fraction of sp³-hybridized carbons (Fsp3) is 0. The molecule has 0 aliphatic heterocycles. The van der Waals surface area contributed by atoms with Gasteiger partial charge in [0.05, 0.1) is 10.7 Å². The van der Waals surface area contributed by atoms with E-state index in [4.69, 9.17) is 17.3 Å². The Kier molecular flexibility index (Phi) is 3.54. The van der Waals surface area contributed by atoms with Crippen LogP contribution in [0.25, 0.3) is 0 Å².